The predicted octanol–water partition coefficient (Wildman–Crippen LogP) is 0.293. The van der Waals surface area contributed by atoms with Crippen molar-refractivity contribution in [3.63, 3.8) is 0 Å². The molecule has 9 heavy (non-hydrogen) atoms. The number of rotatable bonds is 3. The van der Waals surface area contributed by atoms with Gasteiger partial charge in [-0.2, -0.15) is 0 Å². The third kappa shape index (κ3) is 18.1. The summed E-state index contributed by atoms with van der Waals surface area (Å²) in [5.41, 5.74) is 10.3. The van der Waals surface area contributed by atoms with Crippen molar-refractivity contribution in [1.82, 2.24) is 0 Å². The molecule has 0 aromatic carbocycles. The van der Waals surface area contributed by atoms with Gasteiger partial charge in [0.2, 0.25) is 0 Å². The van der Waals surface area contributed by atoms with Crippen molar-refractivity contribution < 1.29 is 4.74 Å². The Morgan fingerprint density at radius 3 is 2.00 bits per heavy atom. The van der Waals surface area contributed by atoms with Crippen LogP contribution < -0.4 is 11.5 Å². The summed E-state index contributed by atoms with van der Waals surface area (Å²) in [6.07, 6.45) is -0.177. The van der Waals surface area contributed by atoms with Crippen LogP contribution in [0.2, 0.25) is 0 Å². The zero-order chi connectivity index (χ0) is 7.70. The van der Waals surface area contributed by atoms with Crippen molar-refractivity contribution in [1.29, 1.82) is 0 Å². The second-order valence-electron chi connectivity index (χ2n) is 1.36. The highest BCUT2D eigenvalue weighted by Crippen LogP contribution is 1.74. The van der Waals surface area contributed by atoms with E-state index in [0.29, 0.717) is 13.2 Å². The monoisotopic (exact) mass is 134 g/mol. The van der Waals surface area contributed by atoms with Crippen molar-refractivity contribution in [2.24, 2.45) is 11.5 Å². The zero-order valence-electron chi connectivity index (χ0n) is 6.55. The van der Waals surface area contributed by atoms with Crippen LogP contribution in [0.4, 0.5) is 0 Å². The smallest absolute Gasteiger partial charge is 0.102 e. The number of hydrogen-bond donors (Lipinski definition) is 2. The SMILES string of the molecule is CC.CC(N)OCCN. The first kappa shape index (κ1) is 11.6. The molecule has 0 aromatic heterocycles. The molecule has 0 rings (SSSR count). The lowest BCUT2D eigenvalue weighted by Gasteiger charge is -2.03. The maximum absolute atomic E-state index is 5.20. The Bertz CT molecular complexity index is 40.0. The van der Waals surface area contributed by atoms with Crippen LogP contribution in [0.3, 0.4) is 0 Å². The highest BCUT2D eigenvalue weighted by atomic mass is 16.5. The zero-order valence-corrected chi connectivity index (χ0v) is 6.55. The fourth-order valence-corrected chi connectivity index (χ4v) is 0.254. The highest BCUT2D eigenvalue weighted by Gasteiger charge is 1.87. The summed E-state index contributed by atoms with van der Waals surface area (Å²) in [5, 5.41) is 0. The average molecular weight is 134 g/mol. The van der Waals surface area contributed by atoms with E-state index < -0.39 is 0 Å². The molecule has 0 spiro atoms. The lowest BCUT2D eigenvalue weighted by Crippen LogP contribution is -2.22. The summed E-state index contributed by atoms with van der Waals surface area (Å²) in [4.78, 5) is 0. The Kier molecular flexibility index (Phi) is 14.0. The van der Waals surface area contributed by atoms with Gasteiger partial charge in [0, 0.05) is 6.54 Å². The van der Waals surface area contributed by atoms with Crippen molar-refractivity contribution in [3.05, 3.63) is 0 Å². The Hall–Kier alpha value is -0.120. The molecule has 0 aliphatic carbocycles. The van der Waals surface area contributed by atoms with E-state index in [-0.39, 0.29) is 6.23 Å². The van der Waals surface area contributed by atoms with Gasteiger partial charge in [-0.3, -0.25) is 0 Å². The predicted molar refractivity (Wildman–Crippen MR) is 40.0 cm³/mol. The molecule has 4 N–H and O–H groups in total. The van der Waals surface area contributed by atoms with Gasteiger partial charge in [0.1, 0.15) is 6.23 Å². The third-order valence-corrected chi connectivity index (χ3v) is 0.499. The number of nitrogens with two attached hydrogens (primary N) is 2. The van der Waals surface area contributed by atoms with Gasteiger partial charge >= 0.3 is 0 Å². The minimum Gasteiger partial charge on any atom is -0.363 e. The van der Waals surface area contributed by atoms with E-state index in [1.165, 1.54) is 0 Å². The summed E-state index contributed by atoms with van der Waals surface area (Å²) in [7, 11) is 0. The summed E-state index contributed by atoms with van der Waals surface area (Å²) in [5.74, 6) is 0. The first-order chi connectivity index (χ1) is 4.27. The molecule has 0 heterocycles. The van der Waals surface area contributed by atoms with Gasteiger partial charge in [0.05, 0.1) is 6.61 Å². The van der Waals surface area contributed by atoms with Crippen LogP contribution in [-0.4, -0.2) is 19.4 Å². The minimum atomic E-state index is -0.177. The fraction of sp³-hybridized carbons (Fsp3) is 1.00. The van der Waals surface area contributed by atoms with Crippen LogP contribution in [0.25, 0.3) is 0 Å². The van der Waals surface area contributed by atoms with Crippen LogP contribution in [0.1, 0.15) is 20.8 Å². The van der Waals surface area contributed by atoms with E-state index in [0.717, 1.165) is 0 Å². The van der Waals surface area contributed by atoms with Gasteiger partial charge in [-0.15, -0.1) is 0 Å². The van der Waals surface area contributed by atoms with E-state index in [2.05, 4.69) is 0 Å². The number of ether oxygens (including phenoxy) is 1. The summed E-state index contributed by atoms with van der Waals surface area (Å²) < 4.78 is 4.84. The first-order valence-corrected chi connectivity index (χ1v) is 3.34. The topological polar surface area (TPSA) is 61.3 Å². The quantitative estimate of drug-likeness (QED) is 0.545. The Balaban J connectivity index is 0. The maximum atomic E-state index is 5.20. The van der Waals surface area contributed by atoms with Crippen LogP contribution in [-0.2, 0) is 4.74 Å². The Labute approximate surface area is 57.4 Å². The maximum Gasteiger partial charge on any atom is 0.102 e. The molecule has 0 saturated carbocycles. The van der Waals surface area contributed by atoms with Crippen LogP contribution in [0.15, 0.2) is 0 Å². The van der Waals surface area contributed by atoms with Gasteiger partial charge in [-0.25, -0.2) is 0 Å². The second kappa shape index (κ2) is 10.8. The molecule has 58 valence electrons. The first-order valence-electron chi connectivity index (χ1n) is 3.34. The lowest BCUT2D eigenvalue weighted by molar-refractivity contribution is 0.0767. The summed E-state index contributed by atoms with van der Waals surface area (Å²) in [6, 6.07) is 0. The van der Waals surface area contributed by atoms with Crippen molar-refractivity contribution >= 4 is 0 Å². The Morgan fingerprint density at radius 2 is 1.89 bits per heavy atom. The Morgan fingerprint density at radius 1 is 1.44 bits per heavy atom. The van der Waals surface area contributed by atoms with E-state index in [1.807, 2.05) is 13.8 Å². The lowest BCUT2D eigenvalue weighted by atomic mass is 10.6. The molecular weight excluding hydrogens is 116 g/mol. The molecule has 0 saturated heterocycles. The van der Waals surface area contributed by atoms with E-state index in [4.69, 9.17) is 16.2 Å². The normalized spacial score (nSPS) is 11.7. The molecule has 0 aromatic rings. The molecule has 3 heteroatoms. The molecule has 0 aliphatic rings. The van der Waals surface area contributed by atoms with Crippen molar-refractivity contribution in [2.45, 2.75) is 27.0 Å². The molecule has 0 amide bonds. The molecule has 0 radical (unpaired) electrons. The molecule has 1 unspecified atom stereocenters. The van der Waals surface area contributed by atoms with Gasteiger partial charge in [-0.1, -0.05) is 13.8 Å². The molecule has 1 atom stereocenters. The summed E-state index contributed by atoms with van der Waals surface area (Å²) in [6.45, 7) is 6.87. The van der Waals surface area contributed by atoms with Crippen LogP contribution >= 0.6 is 0 Å². The molecular formula is C6H18N2O. The fourth-order valence-electron chi connectivity index (χ4n) is 0.254. The third-order valence-electron chi connectivity index (χ3n) is 0.499. The van der Waals surface area contributed by atoms with Gasteiger partial charge < -0.3 is 16.2 Å². The molecule has 3 nitrogen and oxygen atoms in total. The van der Waals surface area contributed by atoms with Crippen LogP contribution in [0, 0.1) is 0 Å². The van der Waals surface area contributed by atoms with E-state index in [1.54, 1.807) is 6.92 Å². The van der Waals surface area contributed by atoms with Gasteiger partial charge in [0.15, 0.2) is 0 Å². The van der Waals surface area contributed by atoms with Crippen molar-refractivity contribution in [2.75, 3.05) is 13.2 Å². The summed E-state index contributed by atoms with van der Waals surface area (Å²) >= 11 is 0. The highest BCUT2D eigenvalue weighted by molar-refractivity contribution is 4.34. The largest absolute Gasteiger partial charge is 0.363 e. The second-order valence-corrected chi connectivity index (χ2v) is 1.36. The molecule has 0 aliphatic heterocycles. The molecule has 0 fully saturated rings. The van der Waals surface area contributed by atoms with Gasteiger partial charge in [0.25, 0.3) is 0 Å². The van der Waals surface area contributed by atoms with Gasteiger partial charge in [-0.05, 0) is 6.92 Å². The van der Waals surface area contributed by atoms with Crippen molar-refractivity contribution in [3.8, 4) is 0 Å². The molecule has 0 bridgehead atoms. The standard InChI is InChI=1S/C4H12N2O.C2H6/c1-4(6)7-3-2-5;1-2/h4H,2-3,5-6H2,1H3;1-2H3. The van der Waals surface area contributed by atoms with E-state index in [9.17, 15) is 0 Å². The minimum absolute atomic E-state index is 0.177. The van der Waals surface area contributed by atoms with E-state index >= 15 is 0 Å². The average Bonchev–Trinajstić information content (AvgIpc) is 1.88. The number of hydrogen-bond acceptors (Lipinski definition) is 3. The van der Waals surface area contributed by atoms with Crippen LogP contribution in [0.5, 0.6) is 0 Å².